The zero-order valence-electron chi connectivity index (χ0n) is 11.2. The molecule has 2 unspecified atom stereocenters. The number of methoxy groups -OCH3 is 1. The number of nitro groups is 1. The van der Waals surface area contributed by atoms with Gasteiger partial charge >= 0.3 is 0 Å². The maximum Gasteiger partial charge on any atom is 0.269 e. The van der Waals surface area contributed by atoms with Gasteiger partial charge in [-0.15, -0.1) is 0 Å². The summed E-state index contributed by atoms with van der Waals surface area (Å²) in [5.74, 6) is 1.85. The van der Waals surface area contributed by atoms with Crippen LogP contribution in [0, 0.1) is 10.1 Å². The van der Waals surface area contributed by atoms with Gasteiger partial charge in [-0.05, 0) is 41.5 Å². The summed E-state index contributed by atoms with van der Waals surface area (Å²) in [5.41, 5.74) is 2.63. The van der Waals surface area contributed by atoms with Crippen molar-refractivity contribution in [3.05, 3.63) is 69.8 Å². The molecule has 0 amide bonds. The van der Waals surface area contributed by atoms with E-state index in [2.05, 4.69) is 12.1 Å². The van der Waals surface area contributed by atoms with E-state index in [9.17, 15) is 10.1 Å². The van der Waals surface area contributed by atoms with Crippen molar-refractivity contribution in [1.29, 1.82) is 0 Å². The first-order valence-electron chi connectivity index (χ1n) is 6.57. The second-order valence-corrected chi connectivity index (χ2v) is 5.07. The zero-order chi connectivity index (χ0) is 14.1. The molecule has 1 saturated carbocycles. The quantitative estimate of drug-likeness (QED) is 0.625. The molecular weight excluding hydrogens is 254 g/mol. The Morgan fingerprint density at radius 2 is 1.50 bits per heavy atom. The van der Waals surface area contributed by atoms with Gasteiger partial charge in [0.1, 0.15) is 5.75 Å². The van der Waals surface area contributed by atoms with Crippen LogP contribution in [0.15, 0.2) is 48.5 Å². The van der Waals surface area contributed by atoms with Gasteiger partial charge in [-0.3, -0.25) is 10.1 Å². The second kappa shape index (κ2) is 4.96. The normalized spacial score (nSPS) is 20.4. The van der Waals surface area contributed by atoms with Gasteiger partial charge in [-0.1, -0.05) is 24.3 Å². The molecule has 102 valence electrons. The van der Waals surface area contributed by atoms with Crippen LogP contribution in [0.4, 0.5) is 5.69 Å². The fraction of sp³-hybridized carbons (Fsp3) is 0.250. The summed E-state index contributed by atoms with van der Waals surface area (Å²) in [6.07, 6.45) is 1.10. The SMILES string of the molecule is COc1ccc(C2CC2c2ccc([N+](=O)[O-])cc2)cc1. The van der Waals surface area contributed by atoms with Crippen LogP contribution in [-0.4, -0.2) is 12.0 Å². The molecule has 2 aromatic rings. The molecule has 0 heterocycles. The Hall–Kier alpha value is -2.36. The molecule has 0 spiro atoms. The third-order valence-electron chi connectivity index (χ3n) is 3.87. The lowest BCUT2D eigenvalue weighted by Crippen LogP contribution is -1.89. The van der Waals surface area contributed by atoms with Crippen molar-refractivity contribution in [2.24, 2.45) is 0 Å². The molecule has 0 radical (unpaired) electrons. The van der Waals surface area contributed by atoms with Crippen LogP contribution in [-0.2, 0) is 0 Å². The van der Waals surface area contributed by atoms with Gasteiger partial charge in [0.15, 0.2) is 0 Å². The highest BCUT2D eigenvalue weighted by atomic mass is 16.6. The van der Waals surface area contributed by atoms with Crippen LogP contribution in [0.25, 0.3) is 0 Å². The summed E-state index contributed by atoms with van der Waals surface area (Å²) in [5, 5.41) is 10.6. The van der Waals surface area contributed by atoms with Crippen LogP contribution in [0.5, 0.6) is 5.75 Å². The lowest BCUT2D eigenvalue weighted by Gasteiger charge is -2.03. The minimum absolute atomic E-state index is 0.149. The van der Waals surface area contributed by atoms with E-state index < -0.39 is 0 Å². The average Bonchev–Trinajstić information content (AvgIpc) is 3.28. The molecule has 0 bridgehead atoms. The third kappa shape index (κ3) is 2.37. The molecular formula is C16H15NO3. The van der Waals surface area contributed by atoms with Gasteiger partial charge < -0.3 is 4.74 Å². The number of nitro benzene ring substituents is 1. The smallest absolute Gasteiger partial charge is 0.269 e. The van der Waals surface area contributed by atoms with E-state index >= 15 is 0 Å². The van der Waals surface area contributed by atoms with E-state index in [1.165, 1.54) is 11.1 Å². The van der Waals surface area contributed by atoms with E-state index in [0.717, 1.165) is 12.2 Å². The van der Waals surface area contributed by atoms with Gasteiger partial charge in [0, 0.05) is 12.1 Å². The molecule has 0 saturated heterocycles. The van der Waals surface area contributed by atoms with Gasteiger partial charge in [0.25, 0.3) is 5.69 Å². The molecule has 4 heteroatoms. The highest BCUT2D eigenvalue weighted by Crippen LogP contribution is 2.54. The monoisotopic (exact) mass is 269 g/mol. The van der Waals surface area contributed by atoms with Crippen LogP contribution < -0.4 is 4.74 Å². The first kappa shape index (κ1) is 12.7. The van der Waals surface area contributed by atoms with Gasteiger partial charge in [-0.25, -0.2) is 0 Å². The minimum Gasteiger partial charge on any atom is -0.497 e. The number of non-ortho nitro benzene ring substituents is 1. The molecule has 0 aliphatic heterocycles. The average molecular weight is 269 g/mol. The van der Waals surface area contributed by atoms with E-state index in [4.69, 9.17) is 4.74 Å². The van der Waals surface area contributed by atoms with Crippen molar-refractivity contribution in [1.82, 2.24) is 0 Å². The van der Waals surface area contributed by atoms with Crippen LogP contribution in [0.1, 0.15) is 29.4 Å². The predicted octanol–water partition coefficient (Wildman–Crippen LogP) is 3.87. The van der Waals surface area contributed by atoms with Crippen LogP contribution >= 0.6 is 0 Å². The highest BCUT2D eigenvalue weighted by molar-refractivity contribution is 5.41. The Bertz CT molecular complexity index is 619. The van der Waals surface area contributed by atoms with Crippen molar-refractivity contribution in [2.45, 2.75) is 18.3 Å². The maximum absolute atomic E-state index is 10.6. The van der Waals surface area contributed by atoms with Crippen molar-refractivity contribution >= 4 is 5.69 Å². The number of hydrogen-bond acceptors (Lipinski definition) is 3. The summed E-state index contributed by atoms with van der Waals surface area (Å²) >= 11 is 0. The standard InChI is InChI=1S/C16H15NO3/c1-20-14-8-4-12(5-9-14)16-10-15(16)11-2-6-13(7-3-11)17(18)19/h2-9,15-16H,10H2,1H3. The van der Waals surface area contributed by atoms with E-state index in [1.54, 1.807) is 19.2 Å². The number of hydrogen-bond donors (Lipinski definition) is 0. The maximum atomic E-state index is 10.6. The van der Waals surface area contributed by atoms with E-state index in [-0.39, 0.29) is 10.6 Å². The predicted molar refractivity (Wildman–Crippen MR) is 76.2 cm³/mol. The van der Waals surface area contributed by atoms with Crippen molar-refractivity contribution in [3.63, 3.8) is 0 Å². The lowest BCUT2D eigenvalue weighted by atomic mass is 10.0. The largest absolute Gasteiger partial charge is 0.497 e. The molecule has 20 heavy (non-hydrogen) atoms. The second-order valence-electron chi connectivity index (χ2n) is 5.07. The number of ether oxygens (including phenoxy) is 1. The van der Waals surface area contributed by atoms with Crippen molar-refractivity contribution < 1.29 is 9.66 Å². The summed E-state index contributed by atoms with van der Waals surface area (Å²) in [7, 11) is 1.66. The summed E-state index contributed by atoms with van der Waals surface area (Å²) in [6, 6.07) is 15.0. The fourth-order valence-electron chi connectivity index (χ4n) is 2.63. The Morgan fingerprint density at radius 3 is 1.95 bits per heavy atom. The fourth-order valence-corrected chi connectivity index (χ4v) is 2.63. The summed E-state index contributed by atoms with van der Waals surface area (Å²) < 4.78 is 5.15. The highest BCUT2D eigenvalue weighted by Gasteiger charge is 2.39. The number of benzene rings is 2. The Balaban J connectivity index is 1.73. The molecule has 3 rings (SSSR count). The molecule has 0 N–H and O–H groups in total. The Morgan fingerprint density at radius 1 is 1.00 bits per heavy atom. The van der Waals surface area contributed by atoms with Crippen molar-refractivity contribution in [3.8, 4) is 5.75 Å². The van der Waals surface area contributed by atoms with E-state index in [0.29, 0.717) is 11.8 Å². The van der Waals surface area contributed by atoms with Gasteiger partial charge in [-0.2, -0.15) is 0 Å². The van der Waals surface area contributed by atoms with Gasteiger partial charge in [0.05, 0.1) is 12.0 Å². The van der Waals surface area contributed by atoms with E-state index in [1.807, 2.05) is 24.3 Å². The molecule has 2 atom stereocenters. The molecule has 4 nitrogen and oxygen atoms in total. The number of rotatable bonds is 4. The summed E-state index contributed by atoms with van der Waals surface area (Å²) in [6.45, 7) is 0. The first-order chi connectivity index (χ1) is 9.69. The Labute approximate surface area is 117 Å². The van der Waals surface area contributed by atoms with Crippen LogP contribution in [0.3, 0.4) is 0 Å². The zero-order valence-corrected chi connectivity index (χ0v) is 11.2. The van der Waals surface area contributed by atoms with Gasteiger partial charge in [0.2, 0.25) is 0 Å². The molecule has 2 aromatic carbocycles. The third-order valence-corrected chi connectivity index (χ3v) is 3.87. The molecule has 1 aliphatic rings. The lowest BCUT2D eigenvalue weighted by molar-refractivity contribution is -0.384. The van der Waals surface area contributed by atoms with Crippen LogP contribution in [0.2, 0.25) is 0 Å². The minimum atomic E-state index is -0.363. The first-order valence-corrected chi connectivity index (χ1v) is 6.57. The summed E-state index contributed by atoms with van der Waals surface area (Å²) in [4.78, 5) is 10.3. The Kier molecular flexibility index (Phi) is 3.14. The van der Waals surface area contributed by atoms with Crippen molar-refractivity contribution in [2.75, 3.05) is 7.11 Å². The number of nitrogens with zero attached hydrogens (tertiary/aromatic N) is 1. The topological polar surface area (TPSA) is 52.4 Å². The molecule has 1 aliphatic carbocycles. The molecule has 1 fully saturated rings. The molecule has 0 aromatic heterocycles.